The summed E-state index contributed by atoms with van der Waals surface area (Å²) < 4.78 is 28.8. The number of hydrogen-bond acceptors (Lipinski definition) is 8. The zero-order chi connectivity index (χ0) is 25.9. The molecule has 0 saturated carbocycles. The molecule has 2 aromatic carbocycles. The lowest BCUT2D eigenvalue weighted by atomic mass is 9.97. The second kappa shape index (κ2) is 10.2. The summed E-state index contributed by atoms with van der Waals surface area (Å²) in [6, 6.07) is 13.8. The standard InChI is InChI=1S/C28H24N2O7/c1-33-22-7-10-30-25-24(16-4-6-21(18(13-16)15-29)36-19-8-11-35-12-9-19)26(37-27(22)25)20-5-3-17(28(31)32)14-23(20)34-2/h3-7,10,13-14,19H,8-9,11-12H2,1-2H3,(H,31,32). The van der Waals surface area contributed by atoms with Gasteiger partial charge in [-0.05, 0) is 35.9 Å². The molecule has 9 nitrogen and oxygen atoms in total. The third kappa shape index (κ3) is 4.55. The number of benzene rings is 2. The number of methoxy groups -OCH3 is 2. The van der Waals surface area contributed by atoms with Crippen molar-refractivity contribution in [1.82, 2.24) is 4.98 Å². The maximum atomic E-state index is 11.5. The van der Waals surface area contributed by atoms with Crippen LogP contribution < -0.4 is 14.2 Å². The van der Waals surface area contributed by atoms with Crippen LogP contribution in [0.1, 0.15) is 28.8 Å². The van der Waals surface area contributed by atoms with Crippen molar-refractivity contribution in [3.63, 3.8) is 0 Å². The smallest absolute Gasteiger partial charge is 0.335 e. The average molecular weight is 501 g/mol. The van der Waals surface area contributed by atoms with Gasteiger partial charge in [0.25, 0.3) is 0 Å². The van der Waals surface area contributed by atoms with E-state index in [9.17, 15) is 15.2 Å². The van der Waals surface area contributed by atoms with Crippen LogP contribution in [0.3, 0.4) is 0 Å². The second-order valence-electron chi connectivity index (χ2n) is 8.47. The van der Waals surface area contributed by atoms with Gasteiger partial charge < -0.3 is 28.5 Å². The van der Waals surface area contributed by atoms with Crippen LogP contribution in [-0.4, -0.2) is 49.6 Å². The van der Waals surface area contributed by atoms with E-state index in [0.29, 0.717) is 69.6 Å². The molecule has 1 aliphatic rings. The van der Waals surface area contributed by atoms with E-state index in [1.165, 1.54) is 26.4 Å². The molecule has 0 atom stereocenters. The lowest BCUT2D eigenvalue weighted by Crippen LogP contribution is -2.26. The van der Waals surface area contributed by atoms with E-state index in [2.05, 4.69) is 11.1 Å². The minimum absolute atomic E-state index is 0.0139. The lowest BCUT2D eigenvalue weighted by molar-refractivity contribution is 0.0254. The number of rotatable bonds is 7. The fourth-order valence-corrected chi connectivity index (χ4v) is 4.45. The number of pyridine rings is 1. The molecule has 0 spiro atoms. The third-order valence-corrected chi connectivity index (χ3v) is 6.30. The van der Waals surface area contributed by atoms with Gasteiger partial charge in [0.1, 0.15) is 34.9 Å². The molecule has 1 N–H and O–H groups in total. The average Bonchev–Trinajstić information content (AvgIpc) is 3.33. The molecule has 0 aliphatic carbocycles. The monoisotopic (exact) mass is 500 g/mol. The molecule has 2 aromatic heterocycles. The van der Waals surface area contributed by atoms with Crippen molar-refractivity contribution >= 4 is 17.1 Å². The number of hydrogen-bond donors (Lipinski definition) is 1. The molecule has 0 radical (unpaired) electrons. The first kappa shape index (κ1) is 24.2. The lowest BCUT2D eigenvalue weighted by Gasteiger charge is -2.23. The van der Waals surface area contributed by atoms with Crippen LogP contribution >= 0.6 is 0 Å². The van der Waals surface area contributed by atoms with Crippen LogP contribution in [-0.2, 0) is 4.74 Å². The molecule has 4 aromatic rings. The van der Waals surface area contributed by atoms with Gasteiger partial charge >= 0.3 is 5.97 Å². The SMILES string of the molecule is COc1cc(C(=O)O)ccc1-c1oc2c(OC)ccnc2c1-c1ccc(OC2CCOCC2)c(C#N)c1. The van der Waals surface area contributed by atoms with E-state index in [0.717, 1.165) is 12.8 Å². The van der Waals surface area contributed by atoms with Gasteiger partial charge in [0, 0.05) is 25.1 Å². The fourth-order valence-electron chi connectivity index (χ4n) is 4.45. The molecule has 1 saturated heterocycles. The predicted octanol–water partition coefficient (Wildman–Crippen LogP) is 5.31. The minimum Gasteiger partial charge on any atom is -0.496 e. The number of ether oxygens (including phenoxy) is 4. The van der Waals surface area contributed by atoms with Gasteiger partial charge in [-0.25, -0.2) is 4.79 Å². The number of carboxylic acids is 1. The highest BCUT2D eigenvalue weighted by Crippen LogP contribution is 2.46. The molecule has 0 amide bonds. The van der Waals surface area contributed by atoms with Gasteiger partial charge in [-0.3, -0.25) is 4.98 Å². The molecule has 1 aliphatic heterocycles. The van der Waals surface area contributed by atoms with E-state index >= 15 is 0 Å². The number of carboxylic acid groups (broad SMARTS) is 1. The van der Waals surface area contributed by atoms with Gasteiger partial charge in [0.15, 0.2) is 11.3 Å². The Kier molecular flexibility index (Phi) is 6.66. The maximum absolute atomic E-state index is 11.5. The van der Waals surface area contributed by atoms with Gasteiger partial charge in [0.05, 0.1) is 49.7 Å². The van der Waals surface area contributed by atoms with Gasteiger partial charge in [-0.2, -0.15) is 5.26 Å². The summed E-state index contributed by atoms with van der Waals surface area (Å²) in [6.07, 6.45) is 3.13. The number of nitriles is 1. The van der Waals surface area contributed by atoms with Crippen LogP contribution in [0.5, 0.6) is 17.2 Å². The number of carbonyl (C=O) groups is 1. The van der Waals surface area contributed by atoms with Crippen molar-refractivity contribution in [1.29, 1.82) is 5.26 Å². The van der Waals surface area contributed by atoms with Crippen LogP contribution in [0.2, 0.25) is 0 Å². The normalized spacial score (nSPS) is 13.8. The first-order valence-corrected chi connectivity index (χ1v) is 11.7. The van der Waals surface area contributed by atoms with Crippen molar-refractivity contribution in [2.24, 2.45) is 0 Å². The Morgan fingerprint density at radius 1 is 1.05 bits per heavy atom. The van der Waals surface area contributed by atoms with E-state index in [4.69, 9.17) is 23.4 Å². The van der Waals surface area contributed by atoms with Gasteiger partial charge in [0.2, 0.25) is 0 Å². The number of nitrogens with zero attached hydrogens (tertiary/aromatic N) is 2. The Morgan fingerprint density at radius 3 is 2.54 bits per heavy atom. The van der Waals surface area contributed by atoms with Crippen LogP contribution in [0.4, 0.5) is 0 Å². The molecule has 188 valence electrons. The van der Waals surface area contributed by atoms with Crippen molar-refractivity contribution in [2.45, 2.75) is 18.9 Å². The Labute approximate surface area is 212 Å². The summed E-state index contributed by atoms with van der Waals surface area (Å²) in [5, 5.41) is 19.4. The van der Waals surface area contributed by atoms with Crippen molar-refractivity contribution in [3.05, 3.63) is 59.8 Å². The van der Waals surface area contributed by atoms with Crippen LogP contribution in [0.15, 0.2) is 53.1 Å². The van der Waals surface area contributed by atoms with Gasteiger partial charge in [-0.1, -0.05) is 6.07 Å². The van der Waals surface area contributed by atoms with Crippen LogP contribution in [0, 0.1) is 11.3 Å². The number of furan rings is 1. The number of fused-ring (bicyclic) bond motifs is 1. The van der Waals surface area contributed by atoms with E-state index < -0.39 is 5.97 Å². The highest BCUT2D eigenvalue weighted by atomic mass is 16.5. The van der Waals surface area contributed by atoms with Gasteiger partial charge in [-0.15, -0.1) is 0 Å². The Balaban J connectivity index is 1.69. The molecule has 37 heavy (non-hydrogen) atoms. The molecular formula is C28H24N2O7. The molecule has 0 bridgehead atoms. The number of aromatic carboxylic acids is 1. The summed E-state index contributed by atoms with van der Waals surface area (Å²) in [5.74, 6) is 0.638. The Hall–Kier alpha value is -4.55. The summed E-state index contributed by atoms with van der Waals surface area (Å²) in [5.41, 5.74) is 3.22. The van der Waals surface area contributed by atoms with Crippen molar-refractivity contribution < 1.29 is 33.3 Å². The molecule has 3 heterocycles. The molecule has 1 fully saturated rings. The zero-order valence-corrected chi connectivity index (χ0v) is 20.3. The topological polar surface area (TPSA) is 124 Å². The van der Waals surface area contributed by atoms with Crippen molar-refractivity contribution in [3.8, 4) is 45.8 Å². The quantitative estimate of drug-likeness (QED) is 0.360. The second-order valence-corrected chi connectivity index (χ2v) is 8.47. The Morgan fingerprint density at radius 2 is 1.84 bits per heavy atom. The van der Waals surface area contributed by atoms with E-state index in [1.807, 2.05) is 6.07 Å². The summed E-state index contributed by atoms with van der Waals surface area (Å²) in [7, 11) is 3.00. The fraction of sp³-hybridized carbons (Fsp3) is 0.250. The predicted molar refractivity (Wildman–Crippen MR) is 134 cm³/mol. The van der Waals surface area contributed by atoms with Crippen LogP contribution in [0.25, 0.3) is 33.6 Å². The first-order chi connectivity index (χ1) is 18.0. The summed E-state index contributed by atoms with van der Waals surface area (Å²) in [4.78, 5) is 16.1. The largest absolute Gasteiger partial charge is 0.496 e. The highest BCUT2D eigenvalue weighted by molar-refractivity contribution is 6.02. The van der Waals surface area contributed by atoms with E-state index in [1.54, 1.807) is 30.5 Å². The molecular weight excluding hydrogens is 476 g/mol. The Bertz CT molecular complexity index is 1510. The third-order valence-electron chi connectivity index (χ3n) is 6.30. The summed E-state index contributed by atoms with van der Waals surface area (Å²) >= 11 is 0. The first-order valence-electron chi connectivity index (χ1n) is 11.7. The molecule has 5 rings (SSSR count). The zero-order valence-electron chi connectivity index (χ0n) is 20.3. The minimum atomic E-state index is -1.07. The summed E-state index contributed by atoms with van der Waals surface area (Å²) in [6.45, 7) is 1.26. The maximum Gasteiger partial charge on any atom is 0.335 e. The number of aromatic nitrogens is 1. The van der Waals surface area contributed by atoms with Crippen molar-refractivity contribution in [2.75, 3.05) is 27.4 Å². The molecule has 0 unspecified atom stereocenters. The molecule has 9 heteroatoms. The highest BCUT2D eigenvalue weighted by Gasteiger charge is 2.25. The van der Waals surface area contributed by atoms with E-state index in [-0.39, 0.29) is 11.7 Å².